The van der Waals surface area contributed by atoms with Gasteiger partial charge in [0, 0.05) is 18.0 Å². The van der Waals surface area contributed by atoms with Gasteiger partial charge >= 0.3 is 0 Å². The van der Waals surface area contributed by atoms with Crippen molar-refractivity contribution < 1.29 is 0 Å². The third-order valence-corrected chi connectivity index (χ3v) is 5.43. The van der Waals surface area contributed by atoms with Crippen LogP contribution in [-0.4, -0.2) is 27.0 Å². The molecule has 0 aliphatic rings. The summed E-state index contributed by atoms with van der Waals surface area (Å²) < 4.78 is 2.66. The second-order valence-electron chi connectivity index (χ2n) is 6.49. The lowest BCUT2D eigenvalue weighted by atomic mass is 10.1. The predicted molar refractivity (Wildman–Crippen MR) is 110 cm³/mol. The molecule has 3 rings (SSSR count). The maximum atomic E-state index is 13.1. The molecule has 1 aromatic carbocycles. The molecular formula is C20H26N4OS. The van der Waals surface area contributed by atoms with Gasteiger partial charge in [0.2, 0.25) is 5.13 Å². The van der Waals surface area contributed by atoms with Crippen LogP contribution in [0.5, 0.6) is 0 Å². The maximum absolute atomic E-state index is 13.1. The average Bonchev–Trinajstić information content (AvgIpc) is 3.20. The number of aromatic amines is 1. The average molecular weight is 371 g/mol. The second-order valence-corrected chi connectivity index (χ2v) is 7.50. The van der Waals surface area contributed by atoms with E-state index in [2.05, 4.69) is 28.9 Å². The van der Waals surface area contributed by atoms with Crippen molar-refractivity contribution in [1.82, 2.24) is 14.8 Å². The Hall–Kier alpha value is -2.21. The van der Waals surface area contributed by atoms with Crippen LogP contribution in [0.15, 0.2) is 34.1 Å². The zero-order valence-electron chi connectivity index (χ0n) is 15.7. The van der Waals surface area contributed by atoms with E-state index in [1.165, 1.54) is 24.2 Å². The van der Waals surface area contributed by atoms with Crippen LogP contribution >= 0.6 is 11.3 Å². The number of aliphatic imine (C=N–C) groups is 1. The first-order valence-corrected chi connectivity index (χ1v) is 10.2. The van der Waals surface area contributed by atoms with E-state index in [4.69, 9.17) is 0 Å². The quantitative estimate of drug-likeness (QED) is 0.460. The van der Waals surface area contributed by atoms with E-state index in [-0.39, 0.29) is 5.56 Å². The van der Waals surface area contributed by atoms with Crippen molar-refractivity contribution in [3.8, 4) is 5.13 Å². The van der Waals surface area contributed by atoms with Crippen molar-refractivity contribution in [2.45, 2.75) is 52.9 Å². The van der Waals surface area contributed by atoms with Crippen LogP contribution in [0.3, 0.4) is 0 Å². The fraction of sp³-hybridized carbons (Fsp3) is 0.450. The van der Waals surface area contributed by atoms with Gasteiger partial charge < -0.3 is 0 Å². The number of aromatic nitrogens is 3. The van der Waals surface area contributed by atoms with Crippen LogP contribution in [0.1, 0.15) is 57.7 Å². The van der Waals surface area contributed by atoms with Gasteiger partial charge in [-0.1, -0.05) is 56.6 Å². The number of nitrogens with zero attached hydrogens (tertiary/aromatic N) is 3. The summed E-state index contributed by atoms with van der Waals surface area (Å²) in [7, 11) is 0. The Morgan fingerprint density at radius 3 is 2.77 bits per heavy atom. The molecule has 0 atom stereocenters. The van der Waals surface area contributed by atoms with Crippen LogP contribution in [0.4, 0.5) is 0 Å². The first-order valence-electron chi connectivity index (χ1n) is 9.37. The summed E-state index contributed by atoms with van der Waals surface area (Å²) in [6.45, 7) is 7.01. The zero-order chi connectivity index (χ0) is 18.5. The first kappa shape index (κ1) is 18.6. The number of fused-ring (bicyclic) bond motifs is 1. The van der Waals surface area contributed by atoms with Crippen LogP contribution in [0, 0.1) is 0 Å². The number of aryl methyl sites for hydroxylation is 1. The molecule has 0 aliphatic carbocycles. The standard InChI is InChI=1S/C20H26N4OS/c1-4-6-9-13-21-14(3)18-16(10-5-2)23-24(19(18)25)20-22-15-11-7-8-12-17(15)26-20/h7-8,11-12,23H,4-6,9-10,13H2,1-3H3. The van der Waals surface area contributed by atoms with E-state index in [1.807, 2.05) is 31.2 Å². The third-order valence-electron chi connectivity index (χ3n) is 4.41. The van der Waals surface area contributed by atoms with Crippen LogP contribution in [0.2, 0.25) is 0 Å². The number of thiazole rings is 1. The minimum absolute atomic E-state index is 0.0516. The van der Waals surface area contributed by atoms with E-state index in [0.29, 0.717) is 10.7 Å². The molecule has 0 amide bonds. The Labute approximate surface area is 157 Å². The molecule has 0 aliphatic heterocycles. The predicted octanol–water partition coefficient (Wildman–Crippen LogP) is 4.73. The largest absolute Gasteiger partial charge is 0.292 e. The molecule has 138 valence electrons. The van der Waals surface area contributed by atoms with Crippen molar-refractivity contribution in [2.75, 3.05) is 6.54 Å². The van der Waals surface area contributed by atoms with E-state index in [0.717, 1.165) is 47.4 Å². The van der Waals surface area contributed by atoms with Gasteiger partial charge in [0.1, 0.15) is 0 Å². The third kappa shape index (κ3) is 3.80. The zero-order valence-corrected chi connectivity index (χ0v) is 16.5. The Balaban J connectivity index is 2.01. The topological polar surface area (TPSA) is 63.0 Å². The monoisotopic (exact) mass is 370 g/mol. The lowest BCUT2D eigenvalue weighted by Gasteiger charge is -2.01. The lowest BCUT2D eigenvalue weighted by Crippen LogP contribution is -2.19. The number of H-pyrrole nitrogens is 1. The molecule has 0 bridgehead atoms. The fourth-order valence-electron chi connectivity index (χ4n) is 3.06. The molecule has 2 aromatic heterocycles. The van der Waals surface area contributed by atoms with Gasteiger partial charge in [-0.3, -0.25) is 14.9 Å². The van der Waals surface area contributed by atoms with Gasteiger partial charge in [-0.15, -0.1) is 0 Å². The van der Waals surface area contributed by atoms with Crippen molar-refractivity contribution in [3.05, 3.63) is 45.9 Å². The van der Waals surface area contributed by atoms with E-state index in [1.54, 1.807) is 4.68 Å². The van der Waals surface area contributed by atoms with E-state index >= 15 is 0 Å². The summed E-state index contributed by atoms with van der Waals surface area (Å²) in [5, 5.41) is 3.96. The highest BCUT2D eigenvalue weighted by Crippen LogP contribution is 2.24. The SMILES string of the molecule is CCCCCN=C(C)c1c(CCC)[nH]n(-c2nc3ccccc3s2)c1=O. The number of unbranched alkanes of at least 4 members (excludes halogenated alkanes) is 2. The summed E-state index contributed by atoms with van der Waals surface area (Å²) >= 11 is 1.52. The van der Waals surface area contributed by atoms with Gasteiger partial charge in [0.25, 0.3) is 5.56 Å². The van der Waals surface area contributed by atoms with Crippen molar-refractivity contribution in [2.24, 2.45) is 4.99 Å². The normalized spacial score (nSPS) is 12.2. The van der Waals surface area contributed by atoms with Crippen molar-refractivity contribution >= 4 is 27.3 Å². The van der Waals surface area contributed by atoms with Gasteiger partial charge in [-0.05, 0) is 31.9 Å². The van der Waals surface area contributed by atoms with Crippen LogP contribution in [-0.2, 0) is 6.42 Å². The molecule has 5 nitrogen and oxygen atoms in total. The number of hydrogen-bond donors (Lipinski definition) is 1. The van der Waals surface area contributed by atoms with Crippen molar-refractivity contribution in [3.63, 3.8) is 0 Å². The van der Waals surface area contributed by atoms with Crippen LogP contribution < -0.4 is 5.56 Å². The molecule has 0 unspecified atom stereocenters. The Kier molecular flexibility index (Phi) is 6.04. The molecule has 26 heavy (non-hydrogen) atoms. The highest BCUT2D eigenvalue weighted by molar-refractivity contribution is 7.20. The highest BCUT2D eigenvalue weighted by Gasteiger charge is 2.19. The number of benzene rings is 1. The smallest absolute Gasteiger partial charge is 0.282 e. The Morgan fingerprint density at radius 2 is 2.04 bits per heavy atom. The second kappa shape index (κ2) is 8.45. The molecular weight excluding hydrogens is 344 g/mol. The minimum Gasteiger partial charge on any atom is -0.292 e. The summed E-state index contributed by atoms with van der Waals surface area (Å²) in [6, 6.07) is 7.95. The number of nitrogens with one attached hydrogen (secondary N) is 1. The molecule has 3 aromatic rings. The fourth-order valence-corrected chi connectivity index (χ4v) is 3.99. The molecule has 6 heteroatoms. The molecule has 0 spiro atoms. The Bertz CT molecular complexity index is 931. The minimum atomic E-state index is -0.0516. The molecule has 2 heterocycles. The number of para-hydroxylation sites is 1. The van der Waals surface area contributed by atoms with E-state index in [9.17, 15) is 4.79 Å². The summed E-state index contributed by atoms with van der Waals surface area (Å²) in [5.41, 5.74) is 3.35. The lowest BCUT2D eigenvalue weighted by molar-refractivity contribution is 0.728. The first-order chi connectivity index (χ1) is 12.7. The van der Waals surface area contributed by atoms with Crippen LogP contribution in [0.25, 0.3) is 15.3 Å². The number of rotatable bonds is 8. The summed E-state index contributed by atoms with van der Waals surface area (Å²) in [4.78, 5) is 22.4. The van der Waals surface area contributed by atoms with Gasteiger partial charge in [0.05, 0.1) is 15.8 Å². The van der Waals surface area contributed by atoms with Gasteiger partial charge in [-0.2, -0.15) is 4.68 Å². The van der Waals surface area contributed by atoms with Gasteiger partial charge in [0.15, 0.2) is 0 Å². The molecule has 0 saturated heterocycles. The highest BCUT2D eigenvalue weighted by atomic mass is 32.1. The molecule has 0 radical (unpaired) electrons. The maximum Gasteiger partial charge on any atom is 0.282 e. The van der Waals surface area contributed by atoms with Crippen molar-refractivity contribution in [1.29, 1.82) is 0 Å². The molecule has 1 N–H and O–H groups in total. The Morgan fingerprint density at radius 1 is 1.23 bits per heavy atom. The molecule has 0 saturated carbocycles. The summed E-state index contributed by atoms with van der Waals surface area (Å²) in [5.74, 6) is 0. The molecule has 0 fully saturated rings. The van der Waals surface area contributed by atoms with Gasteiger partial charge in [-0.25, -0.2) is 4.98 Å². The number of hydrogen-bond acceptors (Lipinski definition) is 4. The van der Waals surface area contributed by atoms with E-state index < -0.39 is 0 Å². The summed E-state index contributed by atoms with van der Waals surface area (Å²) in [6.07, 6.45) is 5.19.